The van der Waals surface area contributed by atoms with Gasteiger partial charge in [0.25, 0.3) is 10.1 Å². The quantitative estimate of drug-likeness (QED) is 0.290. The molecule has 0 spiro atoms. The molecule has 7 nitrogen and oxygen atoms in total. The predicted octanol–water partition coefficient (Wildman–Crippen LogP) is 4.14. The molecule has 0 saturated carbocycles. The van der Waals surface area contributed by atoms with Crippen LogP contribution in [0.4, 0.5) is 14.5 Å². The average molecular weight is 696 g/mol. The van der Waals surface area contributed by atoms with E-state index in [0.29, 0.717) is 48.3 Å². The van der Waals surface area contributed by atoms with Gasteiger partial charge in [0.05, 0.1) is 10.7 Å². The van der Waals surface area contributed by atoms with Crippen molar-refractivity contribution >= 4 is 76.8 Å². The fraction of sp³-hybridized carbons (Fsp3) is 0.185. The number of nitrogens with zero attached hydrogens (tertiary/aromatic N) is 1. The summed E-state index contributed by atoms with van der Waals surface area (Å²) in [4.78, 5) is 2.41. The average Bonchev–Trinajstić information content (AvgIpc) is 3.37. The van der Waals surface area contributed by atoms with Crippen LogP contribution >= 0.6 is 34.7 Å². The summed E-state index contributed by atoms with van der Waals surface area (Å²) in [6.45, 7) is 0. The molecule has 1 aliphatic carbocycles. The van der Waals surface area contributed by atoms with Gasteiger partial charge in [-0.2, -0.15) is 8.42 Å². The second kappa shape index (κ2) is 13.6. The molecule has 1 N–H and O–H groups in total. The van der Waals surface area contributed by atoms with Gasteiger partial charge in [0.2, 0.25) is 0 Å². The molecule has 0 bridgehead atoms. The van der Waals surface area contributed by atoms with E-state index in [4.69, 9.17) is 11.6 Å². The molecule has 1 aromatic heterocycles. The minimum atomic E-state index is -4.66. The van der Waals surface area contributed by atoms with Gasteiger partial charge in [-0.1, -0.05) is 35.5 Å². The summed E-state index contributed by atoms with van der Waals surface area (Å²) in [5.74, 6) is -2.60. The molecule has 2 aliphatic rings. The van der Waals surface area contributed by atoms with E-state index in [1.807, 2.05) is 0 Å². The van der Waals surface area contributed by atoms with Crippen molar-refractivity contribution in [2.75, 3.05) is 10.8 Å². The van der Waals surface area contributed by atoms with Crippen molar-refractivity contribution in [2.24, 2.45) is 0 Å². The molecule has 2 heterocycles. The number of hydrogen-bond donors (Lipinski definition) is 1. The maximum atomic E-state index is 13.9. The third kappa shape index (κ3) is 8.23. The summed E-state index contributed by atoms with van der Waals surface area (Å²) in [5.41, 5.74) is 2.11. The normalized spacial score (nSPS) is 18.0. The van der Waals surface area contributed by atoms with E-state index >= 15 is 0 Å². The summed E-state index contributed by atoms with van der Waals surface area (Å²) in [5, 5.41) is 1.29. The third-order valence-electron chi connectivity index (χ3n) is 6.41. The minimum absolute atomic E-state index is 0. The summed E-state index contributed by atoms with van der Waals surface area (Å²) in [6, 6.07) is 8.02. The Morgan fingerprint density at radius 1 is 1.02 bits per heavy atom. The van der Waals surface area contributed by atoms with Crippen molar-refractivity contribution in [2.45, 2.75) is 29.9 Å². The number of benzene rings is 2. The molecule has 1 aliphatic heterocycles. The first kappa shape index (κ1) is 34.0. The molecule has 0 atom stereocenters. The van der Waals surface area contributed by atoms with E-state index < -0.39 is 43.5 Å². The molecular formula is C27H21ClF2KNO6S4. The summed E-state index contributed by atoms with van der Waals surface area (Å²) in [6.07, 6.45) is 8.84. The number of anilines is 1. The first-order chi connectivity index (χ1) is 19.3. The molecule has 15 heteroatoms. The van der Waals surface area contributed by atoms with Crippen LogP contribution in [0.1, 0.15) is 29.7 Å². The van der Waals surface area contributed by atoms with E-state index in [2.05, 4.69) is 0 Å². The molecule has 3 aromatic rings. The van der Waals surface area contributed by atoms with Crippen LogP contribution < -0.4 is 56.3 Å². The molecule has 0 saturated heterocycles. The Bertz CT molecular complexity index is 1900. The van der Waals surface area contributed by atoms with Gasteiger partial charge in [0, 0.05) is 24.9 Å². The van der Waals surface area contributed by atoms with Gasteiger partial charge in [0.1, 0.15) is 33.4 Å². The number of allylic oxidation sites excluding steroid dienone is 6. The van der Waals surface area contributed by atoms with E-state index in [1.54, 1.807) is 30.4 Å². The Kier molecular flexibility index (Phi) is 11.0. The van der Waals surface area contributed by atoms with Crippen molar-refractivity contribution in [3.05, 3.63) is 97.9 Å². The topological polar surface area (TPSA) is 115 Å². The summed E-state index contributed by atoms with van der Waals surface area (Å²) < 4.78 is 95.9. The van der Waals surface area contributed by atoms with E-state index in [1.165, 1.54) is 58.3 Å². The van der Waals surface area contributed by atoms with Gasteiger partial charge >= 0.3 is 51.4 Å². The maximum absolute atomic E-state index is 13.9. The zero-order valence-electron chi connectivity index (χ0n) is 22.0. The number of thioether (sulfide) groups is 1. The van der Waals surface area contributed by atoms with Gasteiger partial charge in [-0.05, 0) is 84.5 Å². The van der Waals surface area contributed by atoms with Crippen LogP contribution in [-0.4, -0.2) is 31.8 Å². The summed E-state index contributed by atoms with van der Waals surface area (Å²) in [7, 11) is -9.04. The number of thiophene rings is 1. The molecule has 216 valence electrons. The standard InChI is InChI=1S/C27H22ClF2NO6S4.K/c28-27-16(4-8-24-21(14-40(32,33)34)20-12-18(29)6-9-23(20)38-24)2-1-3-17(27)5-11-26-31(15-41(35,36)37)22-13-19(30)7-10-25(22)39-26;/h4-13H,1-3,14-15H2,(H,32,33,34)(H,35,36,37);/q;+1/p-1/b8-4?,17-5+,26-11?;. The first-order valence-corrected chi connectivity index (χ1v) is 17.3. The Labute approximate surface area is 297 Å². The number of halogens is 3. The molecular weight excluding hydrogens is 675 g/mol. The van der Waals surface area contributed by atoms with Gasteiger partial charge in [-0.15, -0.1) is 11.3 Å². The van der Waals surface area contributed by atoms with Crippen LogP contribution in [-0.2, 0) is 26.0 Å². The Balaban J connectivity index is 0.00000405. The van der Waals surface area contributed by atoms with Crippen LogP contribution in [0.15, 0.2) is 80.7 Å². The SMILES string of the molecule is O=S(=O)([O-])CN1C(=C/C=C2\CCCC(C=Cc3sc4ccc(F)cc4c3CS(=O)(=O)O)=C2Cl)Sc2ccc(F)cc21.[K+]. The predicted molar refractivity (Wildman–Crippen MR) is 158 cm³/mol. The fourth-order valence-electron chi connectivity index (χ4n) is 4.65. The van der Waals surface area contributed by atoms with Gasteiger partial charge < -0.3 is 9.45 Å². The number of rotatable bonds is 7. The van der Waals surface area contributed by atoms with Crippen molar-refractivity contribution in [3.63, 3.8) is 0 Å². The Morgan fingerprint density at radius 3 is 2.45 bits per heavy atom. The molecule has 2 aromatic carbocycles. The van der Waals surface area contributed by atoms with Crippen LogP contribution in [0.25, 0.3) is 16.2 Å². The Morgan fingerprint density at radius 2 is 1.74 bits per heavy atom. The van der Waals surface area contributed by atoms with Crippen molar-refractivity contribution < 1.29 is 86.1 Å². The van der Waals surface area contributed by atoms with Crippen molar-refractivity contribution in [3.8, 4) is 0 Å². The minimum Gasteiger partial charge on any atom is -0.747 e. The molecule has 0 fully saturated rings. The molecule has 42 heavy (non-hydrogen) atoms. The third-order valence-corrected chi connectivity index (χ3v) is 10.4. The van der Waals surface area contributed by atoms with Crippen LogP contribution in [0.5, 0.6) is 0 Å². The maximum Gasteiger partial charge on any atom is 1.00 e. The zero-order valence-corrected chi connectivity index (χ0v) is 29.2. The van der Waals surface area contributed by atoms with E-state index in [-0.39, 0.29) is 57.1 Å². The van der Waals surface area contributed by atoms with Gasteiger partial charge in [-0.25, -0.2) is 17.2 Å². The fourth-order valence-corrected chi connectivity index (χ4v) is 8.56. The van der Waals surface area contributed by atoms with Gasteiger partial charge in [-0.3, -0.25) is 4.55 Å². The van der Waals surface area contributed by atoms with Crippen LogP contribution in [0.3, 0.4) is 0 Å². The number of fused-ring (bicyclic) bond motifs is 2. The first-order valence-electron chi connectivity index (χ1n) is 12.1. The zero-order chi connectivity index (χ0) is 29.5. The molecule has 0 amide bonds. The van der Waals surface area contributed by atoms with E-state index in [9.17, 15) is 34.7 Å². The Hall–Kier alpha value is -0.884. The van der Waals surface area contributed by atoms with E-state index in [0.717, 1.165) is 17.6 Å². The molecule has 5 rings (SSSR count). The van der Waals surface area contributed by atoms with Gasteiger partial charge in [0.15, 0.2) is 0 Å². The largest absolute Gasteiger partial charge is 1.00 e. The van der Waals surface area contributed by atoms with Crippen molar-refractivity contribution in [1.29, 1.82) is 0 Å². The van der Waals surface area contributed by atoms with Crippen LogP contribution in [0.2, 0.25) is 0 Å². The summed E-state index contributed by atoms with van der Waals surface area (Å²) >= 11 is 9.20. The molecule has 0 radical (unpaired) electrons. The molecule has 0 unspecified atom stereocenters. The number of hydrogen-bond acceptors (Lipinski definition) is 8. The second-order valence-corrected chi connectivity index (χ2v) is 14.7. The second-order valence-electron chi connectivity index (χ2n) is 9.36. The monoisotopic (exact) mass is 695 g/mol. The smallest absolute Gasteiger partial charge is 0.747 e. The van der Waals surface area contributed by atoms with Crippen molar-refractivity contribution in [1.82, 2.24) is 0 Å². The van der Waals surface area contributed by atoms with Crippen LogP contribution in [0, 0.1) is 11.6 Å².